The minimum Gasteiger partial charge on any atom is -0.335 e. The molecular weight excluding hydrogens is 332 g/mol. The Balaban J connectivity index is 1.83. The zero-order chi connectivity index (χ0) is 14.8. The van der Waals surface area contributed by atoms with Crippen LogP contribution in [0.4, 0.5) is 0 Å². The lowest BCUT2D eigenvalue weighted by Crippen LogP contribution is -2.48. The number of carbonyl (C=O) groups is 2. The predicted octanol–water partition coefficient (Wildman–Crippen LogP) is 3.21. The number of rotatable bonds is 2. The van der Waals surface area contributed by atoms with Crippen LogP contribution < -0.4 is 0 Å². The monoisotopic (exact) mass is 350 g/mol. The van der Waals surface area contributed by atoms with Crippen molar-refractivity contribution in [3.05, 3.63) is 28.5 Å². The third-order valence-corrected chi connectivity index (χ3v) is 5.01. The van der Waals surface area contributed by atoms with E-state index in [1.165, 1.54) is 0 Å². The van der Waals surface area contributed by atoms with Gasteiger partial charge in [-0.05, 0) is 54.1 Å². The van der Waals surface area contributed by atoms with E-state index in [1.807, 2.05) is 4.90 Å². The van der Waals surface area contributed by atoms with Gasteiger partial charge in [0.1, 0.15) is 5.78 Å². The van der Waals surface area contributed by atoms with Gasteiger partial charge in [-0.2, -0.15) is 0 Å². The first-order valence-corrected chi connectivity index (χ1v) is 8.40. The number of nitrogens with zero attached hydrogens (tertiary/aromatic N) is 2. The van der Waals surface area contributed by atoms with Gasteiger partial charge in [-0.1, -0.05) is 0 Å². The van der Waals surface area contributed by atoms with Crippen molar-refractivity contribution in [3.8, 4) is 0 Å². The Kier molecular flexibility index (Phi) is 4.38. The van der Waals surface area contributed by atoms with Crippen LogP contribution in [-0.2, 0) is 4.79 Å². The van der Waals surface area contributed by atoms with Gasteiger partial charge in [0, 0.05) is 41.8 Å². The Morgan fingerprint density at radius 2 is 2.10 bits per heavy atom. The molecule has 2 unspecified atom stereocenters. The molecule has 1 aromatic heterocycles. The predicted molar refractivity (Wildman–Crippen MR) is 83.0 cm³/mol. The van der Waals surface area contributed by atoms with Crippen molar-refractivity contribution in [2.45, 2.75) is 44.6 Å². The zero-order valence-electron chi connectivity index (χ0n) is 11.9. The molecule has 0 radical (unpaired) electrons. The van der Waals surface area contributed by atoms with E-state index in [4.69, 9.17) is 0 Å². The van der Waals surface area contributed by atoms with Crippen molar-refractivity contribution in [2.75, 3.05) is 6.54 Å². The van der Waals surface area contributed by atoms with Crippen LogP contribution in [0.3, 0.4) is 0 Å². The summed E-state index contributed by atoms with van der Waals surface area (Å²) in [6.45, 7) is 0.750. The van der Waals surface area contributed by atoms with E-state index in [9.17, 15) is 9.59 Å². The largest absolute Gasteiger partial charge is 0.335 e. The van der Waals surface area contributed by atoms with Crippen LogP contribution >= 0.6 is 15.9 Å². The van der Waals surface area contributed by atoms with Crippen LogP contribution in [0, 0.1) is 5.92 Å². The maximum absolute atomic E-state index is 12.8. The molecule has 1 aliphatic carbocycles. The first kappa shape index (κ1) is 14.7. The molecule has 1 aliphatic heterocycles. The molecule has 1 saturated heterocycles. The van der Waals surface area contributed by atoms with E-state index in [0.29, 0.717) is 17.8 Å². The van der Waals surface area contributed by atoms with Crippen LogP contribution in [0.2, 0.25) is 0 Å². The third-order valence-electron chi connectivity index (χ3n) is 4.58. The molecule has 2 heterocycles. The number of ketones is 1. The lowest BCUT2D eigenvalue weighted by Gasteiger charge is -2.38. The molecule has 0 aromatic carbocycles. The highest BCUT2D eigenvalue weighted by Crippen LogP contribution is 2.33. The van der Waals surface area contributed by atoms with E-state index >= 15 is 0 Å². The van der Waals surface area contributed by atoms with E-state index in [1.54, 1.807) is 18.5 Å². The molecule has 0 spiro atoms. The fraction of sp³-hybridized carbons (Fsp3) is 0.562. The maximum atomic E-state index is 12.8. The summed E-state index contributed by atoms with van der Waals surface area (Å²) in [5.41, 5.74) is 0.599. The third kappa shape index (κ3) is 3.03. The Morgan fingerprint density at radius 3 is 2.81 bits per heavy atom. The van der Waals surface area contributed by atoms with Gasteiger partial charge in [0.2, 0.25) is 0 Å². The van der Waals surface area contributed by atoms with Crippen LogP contribution in [0.15, 0.2) is 22.9 Å². The van der Waals surface area contributed by atoms with Gasteiger partial charge < -0.3 is 4.90 Å². The van der Waals surface area contributed by atoms with Crippen molar-refractivity contribution in [1.29, 1.82) is 0 Å². The second-order valence-corrected chi connectivity index (χ2v) is 6.83. The van der Waals surface area contributed by atoms with E-state index in [-0.39, 0.29) is 17.9 Å². The average molecular weight is 351 g/mol. The molecule has 21 heavy (non-hydrogen) atoms. The molecule has 5 heteroatoms. The summed E-state index contributed by atoms with van der Waals surface area (Å²) in [5, 5.41) is 0. The van der Waals surface area contributed by atoms with Crippen LogP contribution in [0.25, 0.3) is 0 Å². The molecule has 1 aromatic rings. The quantitative estimate of drug-likeness (QED) is 0.822. The standard InChI is InChI=1S/C16H19BrN2O2/c17-12-8-11(9-18-10-12)16(21)19-7-2-1-5-14(19)13-4-3-6-15(13)20/h8-10,13-14H,1-7H2. The topological polar surface area (TPSA) is 50.3 Å². The van der Waals surface area contributed by atoms with Crippen molar-refractivity contribution in [3.63, 3.8) is 0 Å². The summed E-state index contributed by atoms with van der Waals surface area (Å²) >= 11 is 3.36. The molecule has 1 saturated carbocycles. The lowest BCUT2D eigenvalue weighted by molar-refractivity contribution is -0.122. The lowest BCUT2D eigenvalue weighted by atomic mass is 9.88. The highest BCUT2D eigenvalue weighted by Gasteiger charge is 2.38. The van der Waals surface area contributed by atoms with Gasteiger partial charge in [-0.3, -0.25) is 14.6 Å². The second-order valence-electron chi connectivity index (χ2n) is 5.92. The molecule has 112 valence electrons. The molecule has 2 fully saturated rings. The molecule has 3 rings (SSSR count). The fourth-order valence-electron chi connectivity index (χ4n) is 3.57. The summed E-state index contributed by atoms with van der Waals surface area (Å²) in [7, 11) is 0. The van der Waals surface area contributed by atoms with E-state index in [2.05, 4.69) is 20.9 Å². The Hall–Kier alpha value is -1.23. The highest BCUT2D eigenvalue weighted by atomic mass is 79.9. The van der Waals surface area contributed by atoms with Crippen molar-refractivity contribution in [1.82, 2.24) is 9.88 Å². The Bertz CT molecular complexity index is 561. The number of piperidine rings is 1. The maximum Gasteiger partial charge on any atom is 0.255 e. The number of amides is 1. The molecule has 0 N–H and O–H groups in total. The molecule has 2 aliphatic rings. The minimum absolute atomic E-state index is 0.00759. The average Bonchev–Trinajstić information content (AvgIpc) is 2.92. The van der Waals surface area contributed by atoms with Gasteiger partial charge in [0.15, 0.2) is 0 Å². The smallest absolute Gasteiger partial charge is 0.255 e. The van der Waals surface area contributed by atoms with Crippen LogP contribution in [0.5, 0.6) is 0 Å². The first-order valence-electron chi connectivity index (χ1n) is 7.61. The molecular formula is C16H19BrN2O2. The summed E-state index contributed by atoms with van der Waals surface area (Å²) in [6, 6.07) is 1.89. The van der Waals surface area contributed by atoms with Gasteiger partial charge in [0.05, 0.1) is 5.56 Å². The highest BCUT2D eigenvalue weighted by molar-refractivity contribution is 9.10. The second kappa shape index (κ2) is 6.26. The van der Waals surface area contributed by atoms with Crippen LogP contribution in [-0.4, -0.2) is 34.2 Å². The SMILES string of the molecule is O=C1CCCC1C1CCCCN1C(=O)c1cncc(Br)c1. The number of Topliss-reactive ketones (excluding diaryl/α,β-unsaturated/α-hetero) is 1. The number of halogens is 1. The van der Waals surface area contributed by atoms with Gasteiger partial charge in [-0.15, -0.1) is 0 Å². The minimum atomic E-state index is 0.00759. The van der Waals surface area contributed by atoms with Gasteiger partial charge >= 0.3 is 0 Å². The summed E-state index contributed by atoms with van der Waals surface area (Å²) in [4.78, 5) is 30.8. The number of hydrogen-bond donors (Lipinski definition) is 0. The zero-order valence-corrected chi connectivity index (χ0v) is 13.5. The molecule has 4 nitrogen and oxygen atoms in total. The number of hydrogen-bond acceptors (Lipinski definition) is 3. The number of likely N-dealkylation sites (tertiary alicyclic amines) is 1. The number of aromatic nitrogens is 1. The Labute approximate surface area is 133 Å². The molecule has 2 atom stereocenters. The van der Waals surface area contributed by atoms with Crippen LogP contribution in [0.1, 0.15) is 48.9 Å². The van der Waals surface area contributed by atoms with Crippen molar-refractivity contribution in [2.24, 2.45) is 5.92 Å². The Morgan fingerprint density at radius 1 is 1.24 bits per heavy atom. The summed E-state index contributed by atoms with van der Waals surface area (Å²) in [5.74, 6) is 0.398. The number of pyridine rings is 1. The molecule has 0 bridgehead atoms. The van der Waals surface area contributed by atoms with Crippen molar-refractivity contribution < 1.29 is 9.59 Å². The summed E-state index contributed by atoms with van der Waals surface area (Å²) < 4.78 is 0.804. The summed E-state index contributed by atoms with van der Waals surface area (Å²) in [6.07, 6.45) is 8.94. The van der Waals surface area contributed by atoms with Gasteiger partial charge in [0.25, 0.3) is 5.91 Å². The van der Waals surface area contributed by atoms with Crippen molar-refractivity contribution >= 4 is 27.6 Å². The van der Waals surface area contributed by atoms with E-state index in [0.717, 1.165) is 43.1 Å². The number of carbonyl (C=O) groups excluding carboxylic acids is 2. The molecule has 1 amide bonds. The van der Waals surface area contributed by atoms with E-state index < -0.39 is 0 Å². The van der Waals surface area contributed by atoms with Gasteiger partial charge in [-0.25, -0.2) is 0 Å². The normalized spacial score (nSPS) is 26.1. The fourth-order valence-corrected chi connectivity index (χ4v) is 3.94. The first-order chi connectivity index (χ1) is 10.2.